The molecule has 3 aromatic rings. The molecule has 0 fully saturated rings. The lowest BCUT2D eigenvalue weighted by Gasteiger charge is -2.11. The molecule has 0 unspecified atom stereocenters. The van der Waals surface area contributed by atoms with Crippen LogP contribution in [0.1, 0.15) is 6.92 Å². The second-order valence-electron chi connectivity index (χ2n) is 5.30. The second kappa shape index (κ2) is 7.61. The monoisotopic (exact) mass is 378 g/mol. The van der Waals surface area contributed by atoms with Gasteiger partial charge < -0.3 is 5.32 Å². The first kappa shape index (κ1) is 18.0. The first-order chi connectivity index (χ1) is 12.5. The zero-order valence-corrected chi connectivity index (χ0v) is 14.3. The van der Waals surface area contributed by atoms with E-state index in [9.17, 15) is 18.0 Å². The van der Waals surface area contributed by atoms with Gasteiger partial charge in [0.2, 0.25) is 11.1 Å². The molecular formula is C17H13F3N4OS. The third-order valence-corrected chi connectivity index (χ3v) is 4.42. The average Bonchev–Trinajstić information content (AvgIpc) is 3.11. The van der Waals surface area contributed by atoms with E-state index in [-0.39, 0.29) is 0 Å². The Kier molecular flexibility index (Phi) is 5.27. The summed E-state index contributed by atoms with van der Waals surface area (Å²) < 4.78 is 39.8. The fraction of sp³-hybridized carbons (Fsp3) is 0.118. The van der Waals surface area contributed by atoms with Gasteiger partial charge in [0.05, 0.1) is 10.9 Å². The summed E-state index contributed by atoms with van der Waals surface area (Å²) in [7, 11) is 0. The molecule has 0 aliphatic carbocycles. The van der Waals surface area contributed by atoms with E-state index < -0.39 is 34.3 Å². The van der Waals surface area contributed by atoms with Gasteiger partial charge in [0.1, 0.15) is 0 Å². The van der Waals surface area contributed by atoms with E-state index in [1.54, 1.807) is 6.92 Å². The van der Waals surface area contributed by atoms with Crippen molar-refractivity contribution < 1.29 is 18.0 Å². The van der Waals surface area contributed by atoms with Crippen LogP contribution in [-0.2, 0) is 4.79 Å². The molecule has 1 atom stereocenters. The number of rotatable bonds is 5. The number of hydrogen-bond donors (Lipinski definition) is 2. The summed E-state index contributed by atoms with van der Waals surface area (Å²) in [5, 5.41) is 8.67. The Balaban J connectivity index is 1.67. The topological polar surface area (TPSA) is 70.7 Å². The number of nitrogens with zero attached hydrogens (tertiary/aromatic N) is 2. The summed E-state index contributed by atoms with van der Waals surface area (Å²) in [6, 6.07) is 11.0. The summed E-state index contributed by atoms with van der Waals surface area (Å²) in [6.07, 6.45) is 0. The molecule has 1 heterocycles. The first-order valence-corrected chi connectivity index (χ1v) is 8.42. The van der Waals surface area contributed by atoms with Crippen LogP contribution in [0.25, 0.3) is 11.4 Å². The van der Waals surface area contributed by atoms with Crippen molar-refractivity contribution >= 4 is 23.4 Å². The van der Waals surface area contributed by atoms with Crippen LogP contribution in [0.4, 0.5) is 18.9 Å². The van der Waals surface area contributed by atoms with Gasteiger partial charge in [0.15, 0.2) is 23.3 Å². The summed E-state index contributed by atoms with van der Waals surface area (Å²) in [4.78, 5) is 16.4. The highest BCUT2D eigenvalue weighted by Gasteiger charge is 2.21. The smallest absolute Gasteiger partial charge is 0.237 e. The lowest BCUT2D eigenvalue weighted by atomic mass is 10.2. The van der Waals surface area contributed by atoms with Gasteiger partial charge in [-0.05, 0) is 19.1 Å². The Morgan fingerprint density at radius 2 is 1.85 bits per heavy atom. The fourth-order valence-electron chi connectivity index (χ4n) is 2.09. The number of aromatic nitrogens is 3. The minimum atomic E-state index is -1.63. The molecule has 2 aromatic carbocycles. The normalized spacial score (nSPS) is 12.0. The molecule has 0 aliphatic heterocycles. The summed E-state index contributed by atoms with van der Waals surface area (Å²) in [5.74, 6) is -4.44. The van der Waals surface area contributed by atoms with Crippen LogP contribution in [-0.4, -0.2) is 26.3 Å². The van der Waals surface area contributed by atoms with Gasteiger partial charge in [-0.15, -0.1) is 5.10 Å². The average molecular weight is 378 g/mol. The van der Waals surface area contributed by atoms with Gasteiger partial charge in [-0.2, -0.15) is 0 Å². The van der Waals surface area contributed by atoms with Crippen molar-refractivity contribution in [3.63, 3.8) is 0 Å². The number of aromatic amines is 1. The number of carbonyl (C=O) groups is 1. The number of H-pyrrole nitrogens is 1. The molecule has 3 rings (SSSR count). The molecule has 9 heteroatoms. The van der Waals surface area contributed by atoms with Crippen LogP contribution in [0.2, 0.25) is 0 Å². The first-order valence-electron chi connectivity index (χ1n) is 7.54. The number of amides is 1. The van der Waals surface area contributed by atoms with Crippen molar-refractivity contribution in [2.24, 2.45) is 0 Å². The number of thioether (sulfide) groups is 1. The molecule has 1 amide bonds. The van der Waals surface area contributed by atoms with Crippen LogP contribution in [0.15, 0.2) is 47.6 Å². The van der Waals surface area contributed by atoms with Crippen molar-refractivity contribution in [2.75, 3.05) is 5.32 Å². The predicted octanol–water partition coefficient (Wildman–Crippen LogP) is 4.01. The van der Waals surface area contributed by atoms with Crippen LogP contribution in [0, 0.1) is 17.5 Å². The van der Waals surface area contributed by atoms with E-state index in [0.717, 1.165) is 29.5 Å². The highest BCUT2D eigenvalue weighted by molar-refractivity contribution is 8.00. The van der Waals surface area contributed by atoms with E-state index in [2.05, 4.69) is 20.5 Å². The number of benzene rings is 2. The molecule has 0 radical (unpaired) electrons. The van der Waals surface area contributed by atoms with Crippen molar-refractivity contribution in [3.8, 4) is 11.4 Å². The fourth-order valence-corrected chi connectivity index (χ4v) is 2.82. The van der Waals surface area contributed by atoms with Gasteiger partial charge in [-0.3, -0.25) is 9.89 Å². The third kappa shape index (κ3) is 3.88. The Morgan fingerprint density at radius 1 is 1.12 bits per heavy atom. The second-order valence-corrected chi connectivity index (χ2v) is 6.61. The maximum atomic E-state index is 13.6. The van der Waals surface area contributed by atoms with Gasteiger partial charge in [0.25, 0.3) is 0 Å². The zero-order valence-electron chi connectivity index (χ0n) is 13.5. The van der Waals surface area contributed by atoms with Gasteiger partial charge in [-0.1, -0.05) is 42.1 Å². The van der Waals surface area contributed by atoms with Crippen LogP contribution in [0.3, 0.4) is 0 Å². The standard InChI is InChI=1S/C17H13F3N4OS/c1-9(16(25)21-12-8-7-11(18)13(19)14(12)20)26-17-22-15(23-24-17)10-5-3-2-4-6-10/h2-9H,1H3,(H,21,25)(H,22,23,24)/t9-/m0/s1. The Morgan fingerprint density at radius 3 is 2.58 bits per heavy atom. The maximum absolute atomic E-state index is 13.6. The van der Waals surface area contributed by atoms with Crippen molar-refractivity contribution in [1.82, 2.24) is 15.2 Å². The zero-order chi connectivity index (χ0) is 18.7. The largest absolute Gasteiger partial charge is 0.323 e. The molecule has 0 bridgehead atoms. The number of halogens is 3. The number of carbonyl (C=O) groups excluding carboxylic acids is 1. The highest BCUT2D eigenvalue weighted by atomic mass is 32.2. The van der Waals surface area contributed by atoms with E-state index in [1.807, 2.05) is 30.3 Å². The lowest BCUT2D eigenvalue weighted by molar-refractivity contribution is -0.115. The Hall–Kier alpha value is -2.81. The minimum absolute atomic E-state index is 0.331. The Bertz CT molecular complexity index is 933. The number of nitrogens with one attached hydrogen (secondary N) is 2. The molecule has 0 saturated carbocycles. The summed E-state index contributed by atoms with van der Waals surface area (Å²) in [6.45, 7) is 1.57. The molecule has 0 spiro atoms. The molecule has 26 heavy (non-hydrogen) atoms. The van der Waals surface area contributed by atoms with Crippen molar-refractivity contribution in [1.29, 1.82) is 0 Å². The molecule has 134 valence electrons. The molecule has 2 N–H and O–H groups in total. The molecule has 1 aromatic heterocycles. The van der Waals surface area contributed by atoms with Crippen LogP contribution < -0.4 is 5.32 Å². The number of anilines is 1. The molecule has 0 aliphatic rings. The van der Waals surface area contributed by atoms with E-state index in [1.165, 1.54) is 0 Å². The van der Waals surface area contributed by atoms with E-state index in [4.69, 9.17) is 0 Å². The highest BCUT2D eigenvalue weighted by Crippen LogP contribution is 2.25. The van der Waals surface area contributed by atoms with E-state index in [0.29, 0.717) is 11.0 Å². The summed E-state index contributed by atoms with van der Waals surface area (Å²) in [5.41, 5.74) is 0.411. The minimum Gasteiger partial charge on any atom is -0.323 e. The number of hydrogen-bond acceptors (Lipinski definition) is 4. The molecule has 0 saturated heterocycles. The van der Waals surface area contributed by atoms with Crippen LogP contribution >= 0.6 is 11.8 Å². The summed E-state index contributed by atoms with van der Waals surface area (Å²) >= 11 is 1.04. The van der Waals surface area contributed by atoms with Gasteiger partial charge in [0, 0.05) is 5.56 Å². The maximum Gasteiger partial charge on any atom is 0.237 e. The van der Waals surface area contributed by atoms with Gasteiger partial charge in [-0.25, -0.2) is 18.2 Å². The predicted molar refractivity (Wildman–Crippen MR) is 92.1 cm³/mol. The van der Waals surface area contributed by atoms with Crippen LogP contribution in [0.5, 0.6) is 0 Å². The lowest BCUT2D eigenvalue weighted by Crippen LogP contribution is -2.23. The third-order valence-electron chi connectivity index (χ3n) is 3.46. The molecule has 5 nitrogen and oxygen atoms in total. The Labute approximate surface area is 151 Å². The molecular weight excluding hydrogens is 365 g/mol. The van der Waals surface area contributed by atoms with Crippen molar-refractivity contribution in [2.45, 2.75) is 17.3 Å². The van der Waals surface area contributed by atoms with E-state index >= 15 is 0 Å². The quantitative estimate of drug-likeness (QED) is 0.520. The van der Waals surface area contributed by atoms with Crippen molar-refractivity contribution in [3.05, 3.63) is 59.9 Å². The SMILES string of the molecule is C[C@H](Sc1n[nH]c(-c2ccccc2)n1)C(=O)Nc1ccc(F)c(F)c1F. The van der Waals surface area contributed by atoms with Gasteiger partial charge >= 0.3 is 0 Å².